The predicted molar refractivity (Wildman–Crippen MR) is 68.6 cm³/mol. The van der Waals surface area contributed by atoms with Gasteiger partial charge in [-0.3, -0.25) is 9.59 Å². The molecule has 1 heterocycles. The Hall–Kier alpha value is -1.79. The van der Waals surface area contributed by atoms with Gasteiger partial charge in [-0.2, -0.15) is 0 Å². The van der Waals surface area contributed by atoms with Gasteiger partial charge in [-0.05, 0) is 20.3 Å². The zero-order valence-corrected chi connectivity index (χ0v) is 11.6. The lowest BCUT2D eigenvalue weighted by atomic mass is 9.90. The molecule has 1 fully saturated rings. The fraction of sp³-hybridized carbons (Fsp3) is 0.750. The molecule has 1 atom stereocenters. The minimum atomic E-state index is -0.899. The van der Waals surface area contributed by atoms with Crippen molar-refractivity contribution in [1.82, 2.24) is 15.1 Å². The van der Waals surface area contributed by atoms with Gasteiger partial charge in [-0.1, -0.05) is 0 Å². The van der Waals surface area contributed by atoms with Crippen LogP contribution in [0.3, 0.4) is 0 Å². The van der Waals surface area contributed by atoms with Crippen LogP contribution in [-0.2, 0) is 9.59 Å². The first-order valence-electron chi connectivity index (χ1n) is 6.30. The smallest absolute Gasteiger partial charge is 0.317 e. The van der Waals surface area contributed by atoms with Gasteiger partial charge >= 0.3 is 12.0 Å². The molecule has 0 aromatic carbocycles. The van der Waals surface area contributed by atoms with E-state index in [-0.39, 0.29) is 25.0 Å². The van der Waals surface area contributed by atoms with Gasteiger partial charge < -0.3 is 20.2 Å². The van der Waals surface area contributed by atoms with Crippen LogP contribution in [0.15, 0.2) is 0 Å². The molecule has 0 aromatic heterocycles. The average Bonchev–Trinajstić information content (AvgIpc) is 2.78. The third-order valence-corrected chi connectivity index (χ3v) is 3.57. The number of amides is 3. The monoisotopic (exact) mass is 271 g/mol. The van der Waals surface area contributed by atoms with Gasteiger partial charge in [0, 0.05) is 26.7 Å². The number of likely N-dealkylation sites (N-methyl/N-ethyl adjacent to an activating group) is 1. The van der Waals surface area contributed by atoms with Crippen LogP contribution >= 0.6 is 0 Å². The first-order valence-corrected chi connectivity index (χ1v) is 6.30. The maximum absolute atomic E-state index is 11.8. The Kier molecular flexibility index (Phi) is 4.74. The molecule has 3 amide bonds. The number of hydrogen-bond donors (Lipinski definition) is 2. The Bertz CT molecular complexity index is 385. The minimum Gasteiger partial charge on any atom is -0.481 e. The fourth-order valence-electron chi connectivity index (χ4n) is 1.88. The molecule has 0 aromatic rings. The third kappa shape index (κ3) is 3.59. The van der Waals surface area contributed by atoms with Crippen LogP contribution in [0.5, 0.6) is 0 Å². The van der Waals surface area contributed by atoms with Gasteiger partial charge in [0.25, 0.3) is 0 Å². The highest BCUT2D eigenvalue weighted by Crippen LogP contribution is 2.29. The van der Waals surface area contributed by atoms with Crippen LogP contribution in [-0.4, -0.2) is 66.0 Å². The summed E-state index contributed by atoms with van der Waals surface area (Å²) >= 11 is 0. The van der Waals surface area contributed by atoms with E-state index in [2.05, 4.69) is 5.32 Å². The highest BCUT2D eigenvalue weighted by molar-refractivity contribution is 5.84. The summed E-state index contributed by atoms with van der Waals surface area (Å²) in [4.78, 5) is 37.4. The second-order valence-electron chi connectivity index (χ2n) is 5.10. The van der Waals surface area contributed by atoms with Crippen LogP contribution in [0.4, 0.5) is 4.79 Å². The first-order chi connectivity index (χ1) is 8.80. The van der Waals surface area contributed by atoms with E-state index < -0.39 is 11.4 Å². The zero-order chi connectivity index (χ0) is 14.6. The lowest BCUT2D eigenvalue weighted by molar-refractivity contribution is -0.147. The maximum atomic E-state index is 11.8. The van der Waals surface area contributed by atoms with Crippen molar-refractivity contribution < 1.29 is 19.5 Å². The SMILES string of the molecule is CCN(C)C(=O)CNC(=O)N1CCC(C)(C(=O)O)C1. The van der Waals surface area contributed by atoms with E-state index in [1.807, 2.05) is 6.92 Å². The summed E-state index contributed by atoms with van der Waals surface area (Å²) in [6.07, 6.45) is 0.429. The number of nitrogens with one attached hydrogen (secondary N) is 1. The van der Waals surface area contributed by atoms with E-state index in [1.165, 1.54) is 9.80 Å². The number of rotatable bonds is 4. The van der Waals surface area contributed by atoms with Crippen LogP contribution in [0.1, 0.15) is 20.3 Å². The van der Waals surface area contributed by atoms with Crippen LogP contribution in [0, 0.1) is 5.41 Å². The Morgan fingerprint density at radius 2 is 2.05 bits per heavy atom. The molecule has 7 nitrogen and oxygen atoms in total. The quantitative estimate of drug-likeness (QED) is 0.751. The van der Waals surface area contributed by atoms with E-state index in [4.69, 9.17) is 5.11 Å². The number of aliphatic carboxylic acids is 1. The largest absolute Gasteiger partial charge is 0.481 e. The lowest BCUT2D eigenvalue weighted by Gasteiger charge is -2.21. The Balaban J connectivity index is 2.44. The van der Waals surface area contributed by atoms with Gasteiger partial charge in [0.05, 0.1) is 12.0 Å². The van der Waals surface area contributed by atoms with Gasteiger partial charge in [0.1, 0.15) is 0 Å². The van der Waals surface area contributed by atoms with Crippen molar-refractivity contribution in [3.63, 3.8) is 0 Å². The van der Waals surface area contributed by atoms with Crippen molar-refractivity contribution in [1.29, 1.82) is 0 Å². The molecule has 7 heteroatoms. The standard InChI is InChI=1S/C12H21N3O4/c1-4-14(3)9(16)7-13-11(19)15-6-5-12(2,8-15)10(17)18/h4-8H2,1-3H3,(H,13,19)(H,17,18). The molecule has 1 saturated heterocycles. The van der Waals surface area contributed by atoms with Crippen molar-refractivity contribution in [2.45, 2.75) is 20.3 Å². The lowest BCUT2D eigenvalue weighted by Crippen LogP contribution is -2.45. The molecular weight excluding hydrogens is 250 g/mol. The molecule has 19 heavy (non-hydrogen) atoms. The summed E-state index contributed by atoms with van der Waals surface area (Å²) in [5, 5.41) is 11.6. The highest BCUT2D eigenvalue weighted by atomic mass is 16.4. The van der Waals surface area contributed by atoms with Gasteiger partial charge in [-0.15, -0.1) is 0 Å². The molecule has 0 saturated carbocycles. The average molecular weight is 271 g/mol. The molecule has 0 bridgehead atoms. The molecular formula is C12H21N3O4. The second-order valence-corrected chi connectivity index (χ2v) is 5.10. The molecule has 1 aliphatic rings. The zero-order valence-electron chi connectivity index (χ0n) is 11.6. The number of urea groups is 1. The van der Waals surface area contributed by atoms with Crippen molar-refractivity contribution >= 4 is 17.9 Å². The summed E-state index contributed by atoms with van der Waals surface area (Å²) in [5.41, 5.74) is -0.887. The van der Waals surface area contributed by atoms with Gasteiger partial charge in [-0.25, -0.2) is 4.79 Å². The predicted octanol–water partition coefficient (Wildman–Crippen LogP) is -0.0291. The molecule has 0 spiro atoms. The molecule has 1 rings (SSSR count). The van der Waals surface area contributed by atoms with Gasteiger partial charge in [0.2, 0.25) is 5.91 Å². The third-order valence-electron chi connectivity index (χ3n) is 3.57. The minimum absolute atomic E-state index is 0.0660. The van der Waals surface area contributed by atoms with Crippen LogP contribution in [0.25, 0.3) is 0 Å². The molecule has 1 aliphatic heterocycles. The fourth-order valence-corrected chi connectivity index (χ4v) is 1.88. The summed E-state index contributed by atoms with van der Waals surface area (Å²) in [6, 6.07) is -0.386. The Morgan fingerprint density at radius 1 is 1.42 bits per heavy atom. The second kappa shape index (κ2) is 5.90. The highest BCUT2D eigenvalue weighted by Gasteiger charge is 2.42. The summed E-state index contributed by atoms with van der Waals surface area (Å²) < 4.78 is 0. The molecule has 108 valence electrons. The van der Waals surface area contributed by atoms with Crippen molar-refractivity contribution in [3.8, 4) is 0 Å². The van der Waals surface area contributed by atoms with Crippen LogP contribution in [0.2, 0.25) is 0 Å². The normalized spacial score (nSPS) is 22.2. The van der Waals surface area contributed by atoms with Gasteiger partial charge in [0.15, 0.2) is 0 Å². The maximum Gasteiger partial charge on any atom is 0.317 e. The summed E-state index contributed by atoms with van der Waals surface area (Å²) in [6.45, 7) is 4.55. The number of carbonyl (C=O) groups is 3. The van der Waals surface area contributed by atoms with E-state index in [1.54, 1.807) is 14.0 Å². The van der Waals surface area contributed by atoms with Crippen molar-refractivity contribution in [3.05, 3.63) is 0 Å². The topological polar surface area (TPSA) is 90.0 Å². The van der Waals surface area contributed by atoms with E-state index in [9.17, 15) is 14.4 Å². The van der Waals surface area contributed by atoms with Crippen molar-refractivity contribution in [2.24, 2.45) is 5.41 Å². The first kappa shape index (κ1) is 15.3. The Labute approximate surface area is 112 Å². The van der Waals surface area contributed by atoms with E-state index >= 15 is 0 Å². The van der Waals surface area contributed by atoms with Crippen molar-refractivity contribution in [2.75, 3.05) is 33.2 Å². The summed E-state index contributed by atoms with van der Waals surface area (Å²) in [5.74, 6) is -1.07. The number of likely N-dealkylation sites (tertiary alicyclic amines) is 1. The Morgan fingerprint density at radius 3 is 2.53 bits per heavy atom. The number of carbonyl (C=O) groups excluding carboxylic acids is 2. The molecule has 2 N–H and O–H groups in total. The molecule has 1 unspecified atom stereocenters. The molecule has 0 radical (unpaired) electrons. The number of nitrogens with zero attached hydrogens (tertiary/aromatic N) is 2. The van der Waals surface area contributed by atoms with Crippen LogP contribution < -0.4 is 5.32 Å². The number of carboxylic acid groups (broad SMARTS) is 1. The molecule has 0 aliphatic carbocycles. The summed E-state index contributed by atoms with van der Waals surface area (Å²) in [7, 11) is 1.66. The van der Waals surface area contributed by atoms with E-state index in [0.29, 0.717) is 19.5 Å². The number of carboxylic acids is 1. The number of hydrogen-bond acceptors (Lipinski definition) is 3. The van der Waals surface area contributed by atoms with E-state index in [0.717, 1.165) is 0 Å².